The Morgan fingerprint density at radius 3 is 2.88 bits per heavy atom. The minimum atomic E-state index is -0.0105. The number of hydrogen-bond donors (Lipinski definition) is 1. The van der Waals surface area contributed by atoms with Crippen LogP contribution in [0.2, 0.25) is 5.02 Å². The monoisotopic (exact) mass is 269 g/mol. The number of benzene rings is 1. The number of rotatable bonds is 4. The molecule has 0 aliphatic carbocycles. The Morgan fingerprint density at radius 1 is 1.47 bits per heavy atom. The van der Waals surface area contributed by atoms with E-state index in [0.29, 0.717) is 5.02 Å². The van der Waals surface area contributed by atoms with Gasteiger partial charge in [0.1, 0.15) is 5.75 Å². The summed E-state index contributed by atoms with van der Waals surface area (Å²) in [5.41, 5.74) is 0.980. The van der Waals surface area contributed by atoms with Crippen molar-refractivity contribution < 1.29 is 4.74 Å². The van der Waals surface area contributed by atoms with E-state index in [1.165, 1.54) is 11.5 Å². The van der Waals surface area contributed by atoms with Crippen molar-refractivity contribution in [2.45, 2.75) is 6.04 Å². The van der Waals surface area contributed by atoms with Crippen molar-refractivity contribution in [3.05, 3.63) is 39.9 Å². The Balaban J connectivity index is 2.46. The Labute approximate surface area is 109 Å². The molecule has 1 aromatic carbocycles. The Bertz CT molecular complexity index is 489. The first kappa shape index (κ1) is 12.3. The lowest BCUT2D eigenvalue weighted by molar-refractivity contribution is 0.405. The molecule has 0 aliphatic heterocycles. The van der Waals surface area contributed by atoms with Gasteiger partial charge in [-0.2, -0.15) is 0 Å². The first-order valence-corrected chi connectivity index (χ1v) is 6.19. The van der Waals surface area contributed by atoms with Crippen molar-refractivity contribution in [3.63, 3.8) is 0 Å². The fourth-order valence-electron chi connectivity index (χ4n) is 1.68. The van der Waals surface area contributed by atoms with Crippen LogP contribution in [0.15, 0.2) is 24.4 Å². The highest BCUT2D eigenvalue weighted by molar-refractivity contribution is 7.05. The van der Waals surface area contributed by atoms with Crippen LogP contribution in [0, 0.1) is 0 Å². The molecule has 17 heavy (non-hydrogen) atoms. The maximum atomic E-state index is 6.03. The Kier molecular flexibility index (Phi) is 3.93. The molecule has 1 atom stereocenters. The van der Waals surface area contributed by atoms with Crippen molar-refractivity contribution >= 4 is 23.1 Å². The summed E-state index contributed by atoms with van der Waals surface area (Å²) in [7, 11) is 3.52. The first-order chi connectivity index (χ1) is 8.26. The second-order valence-electron chi connectivity index (χ2n) is 3.43. The molecule has 1 aromatic heterocycles. The van der Waals surface area contributed by atoms with E-state index < -0.39 is 0 Å². The zero-order valence-corrected chi connectivity index (χ0v) is 11.0. The molecular formula is C11H12ClN3OS. The summed E-state index contributed by atoms with van der Waals surface area (Å²) < 4.78 is 9.22. The molecule has 2 rings (SSSR count). The predicted octanol–water partition coefficient (Wildman–Crippen LogP) is 2.51. The van der Waals surface area contributed by atoms with Gasteiger partial charge in [-0.15, -0.1) is 5.10 Å². The molecule has 1 heterocycles. The molecule has 0 saturated carbocycles. The lowest BCUT2D eigenvalue weighted by Gasteiger charge is -2.17. The second kappa shape index (κ2) is 5.44. The zero-order chi connectivity index (χ0) is 12.3. The molecular weight excluding hydrogens is 258 g/mol. The van der Waals surface area contributed by atoms with E-state index in [4.69, 9.17) is 16.3 Å². The Morgan fingerprint density at radius 2 is 2.29 bits per heavy atom. The van der Waals surface area contributed by atoms with Crippen molar-refractivity contribution in [2.75, 3.05) is 14.2 Å². The van der Waals surface area contributed by atoms with Gasteiger partial charge in [0.2, 0.25) is 0 Å². The van der Waals surface area contributed by atoms with E-state index in [9.17, 15) is 0 Å². The van der Waals surface area contributed by atoms with Crippen LogP contribution in [0.3, 0.4) is 0 Å². The molecule has 0 amide bonds. The topological polar surface area (TPSA) is 47.0 Å². The number of nitrogens with one attached hydrogen (secondary N) is 1. The van der Waals surface area contributed by atoms with Gasteiger partial charge in [0.05, 0.1) is 24.2 Å². The fourth-order valence-corrected chi connectivity index (χ4v) is 2.50. The number of nitrogens with zero attached hydrogens (tertiary/aromatic N) is 2. The molecule has 0 spiro atoms. The number of methoxy groups -OCH3 is 1. The van der Waals surface area contributed by atoms with E-state index in [-0.39, 0.29) is 6.04 Å². The van der Waals surface area contributed by atoms with Crippen LogP contribution in [0.4, 0.5) is 0 Å². The summed E-state index contributed by atoms with van der Waals surface area (Å²) in [6.07, 6.45) is 1.74. The number of halogens is 1. The smallest absolute Gasteiger partial charge is 0.124 e. The highest BCUT2D eigenvalue weighted by Gasteiger charge is 2.18. The van der Waals surface area contributed by atoms with E-state index in [0.717, 1.165) is 16.2 Å². The third-order valence-electron chi connectivity index (χ3n) is 2.45. The van der Waals surface area contributed by atoms with Crippen molar-refractivity contribution in [1.82, 2.24) is 14.9 Å². The summed E-state index contributed by atoms with van der Waals surface area (Å²) >= 11 is 7.38. The van der Waals surface area contributed by atoms with E-state index in [1.54, 1.807) is 13.3 Å². The summed E-state index contributed by atoms with van der Waals surface area (Å²) in [5.74, 6) is 0.794. The number of aromatic nitrogens is 2. The molecule has 2 aromatic rings. The van der Waals surface area contributed by atoms with Crippen LogP contribution in [0.5, 0.6) is 5.75 Å². The van der Waals surface area contributed by atoms with Crippen molar-refractivity contribution in [1.29, 1.82) is 0 Å². The standard InChI is InChI=1S/C11H12ClN3OS/c1-13-11(10-6-14-15-17-10)8-5-7(12)3-4-9(8)16-2/h3-6,11,13H,1-2H3. The van der Waals surface area contributed by atoms with Crippen LogP contribution < -0.4 is 10.1 Å². The van der Waals surface area contributed by atoms with E-state index >= 15 is 0 Å². The van der Waals surface area contributed by atoms with Gasteiger partial charge in [-0.25, -0.2) is 0 Å². The molecule has 0 aliphatic rings. The van der Waals surface area contributed by atoms with Gasteiger partial charge in [-0.05, 0) is 36.8 Å². The summed E-state index contributed by atoms with van der Waals surface area (Å²) in [5, 5.41) is 7.74. The molecule has 90 valence electrons. The summed E-state index contributed by atoms with van der Waals surface area (Å²) in [6.45, 7) is 0. The molecule has 0 radical (unpaired) electrons. The lowest BCUT2D eigenvalue weighted by Crippen LogP contribution is -2.17. The largest absolute Gasteiger partial charge is 0.496 e. The van der Waals surface area contributed by atoms with Gasteiger partial charge in [-0.3, -0.25) is 0 Å². The van der Waals surface area contributed by atoms with E-state index in [2.05, 4.69) is 14.9 Å². The molecule has 6 heteroatoms. The van der Waals surface area contributed by atoms with Crippen molar-refractivity contribution in [3.8, 4) is 5.75 Å². The third-order valence-corrected chi connectivity index (χ3v) is 3.42. The van der Waals surface area contributed by atoms with Gasteiger partial charge in [0.15, 0.2) is 0 Å². The van der Waals surface area contributed by atoms with Gasteiger partial charge in [-0.1, -0.05) is 16.1 Å². The fraction of sp³-hybridized carbons (Fsp3) is 0.273. The summed E-state index contributed by atoms with van der Waals surface area (Å²) in [6, 6.07) is 5.54. The predicted molar refractivity (Wildman–Crippen MR) is 68.8 cm³/mol. The zero-order valence-electron chi connectivity index (χ0n) is 9.48. The van der Waals surface area contributed by atoms with Crippen LogP contribution >= 0.6 is 23.1 Å². The van der Waals surface area contributed by atoms with Crippen LogP contribution in [-0.2, 0) is 0 Å². The maximum Gasteiger partial charge on any atom is 0.124 e. The van der Waals surface area contributed by atoms with Gasteiger partial charge >= 0.3 is 0 Å². The molecule has 0 bridgehead atoms. The van der Waals surface area contributed by atoms with E-state index in [1.807, 2.05) is 25.2 Å². The number of ether oxygens (including phenoxy) is 1. The third kappa shape index (κ3) is 2.57. The molecule has 1 N–H and O–H groups in total. The van der Waals surface area contributed by atoms with Gasteiger partial charge < -0.3 is 10.1 Å². The molecule has 1 unspecified atom stereocenters. The van der Waals surface area contributed by atoms with Crippen LogP contribution in [-0.4, -0.2) is 23.7 Å². The Hall–Kier alpha value is -1.17. The number of hydrogen-bond acceptors (Lipinski definition) is 5. The van der Waals surface area contributed by atoms with Gasteiger partial charge in [0, 0.05) is 10.6 Å². The van der Waals surface area contributed by atoms with Crippen LogP contribution in [0.25, 0.3) is 0 Å². The minimum Gasteiger partial charge on any atom is -0.496 e. The van der Waals surface area contributed by atoms with Crippen molar-refractivity contribution in [2.24, 2.45) is 0 Å². The average molecular weight is 270 g/mol. The second-order valence-corrected chi connectivity index (χ2v) is 4.68. The minimum absolute atomic E-state index is 0.0105. The average Bonchev–Trinajstić information content (AvgIpc) is 2.84. The molecule has 4 nitrogen and oxygen atoms in total. The maximum absolute atomic E-state index is 6.03. The molecule has 0 fully saturated rings. The first-order valence-electron chi connectivity index (χ1n) is 5.04. The quantitative estimate of drug-likeness (QED) is 0.927. The SMILES string of the molecule is CNC(c1cnns1)c1cc(Cl)ccc1OC. The normalized spacial score (nSPS) is 12.4. The van der Waals surface area contributed by atoms with Crippen LogP contribution in [0.1, 0.15) is 16.5 Å². The van der Waals surface area contributed by atoms with Gasteiger partial charge in [0.25, 0.3) is 0 Å². The highest BCUT2D eigenvalue weighted by atomic mass is 35.5. The molecule has 0 saturated heterocycles. The lowest BCUT2D eigenvalue weighted by atomic mass is 10.0. The highest BCUT2D eigenvalue weighted by Crippen LogP contribution is 2.32. The summed E-state index contributed by atoms with van der Waals surface area (Å²) in [4.78, 5) is 1.02.